The van der Waals surface area contributed by atoms with Crippen molar-refractivity contribution in [2.45, 2.75) is 51.4 Å². The number of para-hydroxylation sites is 1. The first kappa shape index (κ1) is 13.9. The minimum atomic E-state index is 0.149. The summed E-state index contributed by atoms with van der Waals surface area (Å²) >= 11 is 0. The molecule has 1 N–H and O–H groups in total. The van der Waals surface area contributed by atoms with Gasteiger partial charge in [0.2, 0.25) is 0 Å². The number of aryl methyl sites for hydroxylation is 1. The zero-order valence-corrected chi connectivity index (χ0v) is 12.5. The van der Waals surface area contributed by atoms with Gasteiger partial charge in [-0.25, -0.2) is 0 Å². The van der Waals surface area contributed by atoms with Crippen molar-refractivity contribution in [3.63, 3.8) is 0 Å². The van der Waals surface area contributed by atoms with Gasteiger partial charge in [0.05, 0.1) is 6.61 Å². The highest BCUT2D eigenvalue weighted by atomic mass is 16.3. The number of hydrogen-bond donors (Lipinski definition) is 1. The third-order valence-corrected chi connectivity index (χ3v) is 5.23. The van der Waals surface area contributed by atoms with E-state index in [1.54, 1.807) is 0 Å². The monoisotopic (exact) mass is 273 g/mol. The molecule has 2 nitrogen and oxygen atoms in total. The van der Waals surface area contributed by atoms with E-state index < -0.39 is 0 Å². The van der Waals surface area contributed by atoms with Gasteiger partial charge in [0.25, 0.3) is 0 Å². The van der Waals surface area contributed by atoms with Crippen LogP contribution in [0.5, 0.6) is 0 Å². The van der Waals surface area contributed by atoms with Gasteiger partial charge in [-0.1, -0.05) is 37.5 Å². The number of aliphatic hydroxyl groups is 1. The fraction of sp³-hybridized carbons (Fsp3) is 0.667. The van der Waals surface area contributed by atoms with Crippen LogP contribution >= 0.6 is 0 Å². The summed E-state index contributed by atoms with van der Waals surface area (Å²) in [6.07, 6.45) is 10.1. The zero-order chi connectivity index (χ0) is 13.8. The quantitative estimate of drug-likeness (QED) is 0.906. The molecular weight excluding hydrogens is 246 g/mol. The molecule has 1 aromatic rings. The summed E-state index contributed by atoms with van der Waals surface area (Å²) in [4.78, 5) is 2.56. The van der Waals surface area contributed by atoms with E-state index in [4.69, 9.17) is 0 Å². The summed E-state index contributed by atoms with van der Waals surface area (Å²) in [6, 6.07) is 8.86. The van der Waals surface area contributed by atoms with Crippen LogP contribution in [0.25, 0.3) is 0 Å². The molecule has 110 valence electrons. The predicted molar refractivity (Wildman–Crippen MR) is 84.2 cm³/mol. The maximum Gasteiger partial charge on any atom is 0.0504 e. The van der Waals surface area contributed by atoms with Gasteiger partial charge in [-0.05, 0) is 43.7 Å². The highest BCUT2D eigenvalue weighted by Gasteiger charge is 2.34. The molecule has 1 aliphatic heterocycles. The van der Waals surface area contributed by atoms with E-state index in [0.29, 0.717) is 6.61 Å². The zero-order valence-electron chi connectivity index (χ0n) is 12.5. The van der Waals surface area contributed by atoms with Gasteiger partial charge in [0.1, 0.15) is 0 Å². The Kier molecular flexibility index (Phi) is 4.30. The Labute approximate surface area is 122 Å². The molecule has 1 aromatic carbocycles. The summed E-state index contributed by atoms with van der Waals surface area (Å²) < 4.78 is 0. The Balaban J connectivity index is 1.82. The summed E-state index contributed by atoms with van der Waals surface area (Å²) in [5.41, 5.74) is 3.06. The van der Waals surface area contributed by atoms with E-state index >= 15 is 0 Å². The lowest BCUT2D eigenvalue weighted by Crippen LogP contribution is -2.42. The standard InChI is InChI=1S/C18H27NO/c20-15-18(11-5-1-6-12-18)14-19-13-7-4-9-16-8-2-3-10-17(16)19/h2-3,8,10,20H,1,4-7,9,11-15H2. The van der Waals surface area contributed by atoms with Crippen LogP contribution in [0.3, 0.4) is 0 Å². The Morgan fingerprint density at radius 2 is 1.80 bits per heavy atom. The van der Waals surface area contributed by atoms with Crippen molar-refractivity contribution >= 4 is 5.69 Å². The Bertz CT molecular complexity index is 437. The van der Waals surface area contributed by atoms with Crippen LogP contribution in [0, 0.1) is 5.41 Å². The molecule has 1 fully saturated rings. The van der Waals surface area contributed by atoms with Crippen molar-refractivity contribution in [3.8, 4) is 0 Å². The highest BCUT2D eigenvalue weighted by Crippen LogP contribution is 2.38. The lowest BCUT2D eigenvalue weighted by Gasteiger charge is -2.41. The van der Waals surface area contributed by atoms with E-state index in [2.05, 4.69) is 29.2 Å². The molecule has 20 heavy (non-hydrogen) atoms. The summed E-state index contributed by atoms with van der Waals surface area (Å²) in [5.74, 6) is 0. The molecule has 0 bridgehead atoms. The van der Waals surface area contributed by atoms with Gasteiger partial charge in [0, 0.05) is 24.2 Å². The largest absolute Gasteiger partial charge is 0.396 e. The topological polar surface area (TPSA) is 23.5 Å². The SMILES string of the molecule is OCC1(CN2CCCCc3ccccc32)CCCCC1. The van der Waals surface area contributed by atoms with Gasteiger partial charge < -0.3 is 10.0 Å². The maximum absolute atomic E-state index is 9.96. The van der Waals surface area contributed by atoms with Crippen molar-refractivity contribution in [1.82, 2.24) is 0 Å². The molecule has 0 amide bonds. The third-order valence-electron chi connectivity index (χ3n) is 5.23. The summed E-state index contributed by atoms with van der Waals surface area (Å²) in [7, 11) is 0. The smallest absolute Gasteiger partial charge is 0.0504 e. The first-order valence-corrected chi connectivity index (χ1v) is 8.27. The fourth-order valence-corrected chi connectivity index (χ4v) is 4.01. The van der Waals surface area contributed by atoms with E-state index in [1.807, 2.05) is 0 Å². The maximum atomic E-state index is 9.96. The van der Waals surface area contributed by atoms with Crippen molar-refractivity contribution in [2.75, 3.05) is 24.6 Å². The van der Waals surface area contributed by atoms with Crippen LogP contribution in [-0.4, -0.2) is 24.8 Å². The average Bonchev–Trinajstić information content (AvgIpc) is 2.71. The van der Waals surface area contributed by atoms with Crippen molar-refractivity contribution in [3.05, 3.63) is 29.8 Å². The molecule has 1 heterocycles. The van der Waals surface area contributed by atoms with Crippen LogP contribution in [-0.2, 0) is 6.42 Å². The van der Waals surface area contributed by atoms with E-state index in [1.165, 1.54) is 62.6 Å². The molecule has 0 saturated heterocycles. The molecule has 0 aromatic heterocycles. The molecule has 0 atom stereocenters. The van der Waals surface area contributed by atoms with Crippen molar-refractivity contribution < 1.29 is 5.11 Å². The van der Waals surface area contributed by atoms with Crippen LogP contribution in [0.15, 0.2) is 24.3 Å². The second-order valence-corrected chi connectivity index (χ2v) is 6.73. The molecule has 0 radical (unpaired) electrons. The number of aliphatic hydroxyl groups excluding tert-OH is 1. The number of nitrogens with zero attached hydrogens (tertiary/aromatic N) is 1. The highest BCUT2D eigenvalue weighted by molar-refractivity contribution is 5.54. The van der Waals surface area contributed by atoms with Gasteiger partial charge in [-0.3, -0.25) is 0 Å². The molecule has 2 heteroatoms. The summed E-state index contributed by atoms with van der Waals surface area (Å²) in [6.45, 7) is 2.55. The number of benzene rings is 1. The molecule has 0 unspecified atom stereocenters. The van der Waals surface area contributed by atoms with Gasteiger partial charge in [0.15, 0.2) is 0 Å². The van der Waals surface area contributed by atoms with Crippen LogP contribution in [0.1, 0.15) is 50.5 Å². The van der Waals surface area contributed by atoms with Crippen LogP contribution in [0.2, 0.25) is 0 Å². The third kappa shape index (κ3) is 2.85. The van der Waals surface area contributed by atoms with Crippen LogP contribution in [0.4, 0.5) is 5.69 Å². The van der Waals surface area contributed by atoms with Gasteiger partial charge >= 0.3 is 0 Å². The van der Waals surface area contributed by atoms with E-state index in [-0.39, 0.29) is 5.41 Å². The number of rotatable bonds is 3. The predicted octanol–water partition coefficient (Wildman–Crippen LogP) is 3.77. The van der Waals surface area contributed by atoms with Crippen molar-refractivity contribution in [2.24, 2.45) is 5.41 Å². The molecule has 3 rings (SSSR count). The number of hydrogen-bond acceptors (Lipinski definition) is 2. The van der Waals surface area contributed by atoms with Crippen molar-refractivity contribution in [1.29, 1.82) is 0 Å². The Morgan fingerprint density at radius 1 is 1.00 bits per heavy atom. The Morgan fingerprint density at radius 3 is 2.60 bits per heavy atom. The van der Waals surface area contributed by atoms with E-state index in [9.17, 15) is 5.11 Å². The average molecular weight is 273 g/mol. The lowest BCUT2D eigenvalue weighted by atomic mass is 9.74. The minimum Gasteiger partial charge on any atom is -0.396 e. The first-order chi connectivity index (χ1) is 9.83. The van der Waals surface area contributed by atoms with E-state index in [0.717, 1.165) is 13.1 Å². The molecule has 1 aliphatic carbocycles. The second kappa shape index (κ2) is 6.17. The van der Waals surface area contributed by atoms with Crippen LogP contribution < -0.4 is 4.90 Å². The molecule has 1 saturated carbocycles. The van der Waals surface area contributed by atoms with Gasteiger partial charge in [-0.2, -0.15) is 0 Å². The second-order valence-electron chi connectivity index (χ2n) is 6.73. The lowest BCUT2D eigenvalue weighted by molar-refractivity contribution is 0.0880. The fourth-order valence-electron chi connectivity index (χ4n) is 4.01. The Hall–Kier alpha value is -1.02. The van der Waals surface area contributed by atoms with Gasteiger partial charge in [-0.15, -0.1) is 0 Å². The number of fused-ring (bicyclic) bond motifs is 1. The normalized spacial score (nSPS) is 22.1. The summed E-state index contributed by atoms with van der Waals surface area (Å²) in [5, 5.41) is 9.96. The molecule has 0 spiro atoms. The molecule has 2 aliphatic rings. The number of anilines is 1. The first-order valence-electron chi connectivity index (χ1n) is 8.27. The minimum absolute atomic E-state index is 0.149. The molecular formula is C18H27NO.